The number of carbonyl (C=O) groups excluding carboxylic acids is 2. The van der Waals surface area contributed by atoms with Crippen LogP contribution in [-0.4, -0.2) is 34.3 Å². The molecule has 12 heteroatoms. The van der Waals surface area contributed by atoms with Crippen molar-refractivity contribution in [3.05, 3.63) is 46.5 Å². The maximum atomic E-state index is 13.2. The van der Waals surface area contributed by atoms with E-state index in [1.165, 1.54) is 6.20 Å². The lowest BCUT2D eigenvalue weighted by molar-refractivity contribution is -0.143. The second kappa shape index (κ2) is 9.47. The van der Waals surface area contributed by atoms with Crippen molar-refractivity contribution in [3.8, 4) is 0 Å². The second-order valence-corrected chi connectivity index (χ2v) is 8.30. The van der Waals surface area contributed by atoms with Crippen LogP contribution in [0.1, 0.15) is 53.6 Å². The zero-order chi connectivity index (χ0) is 23.5. The Morgan fingerprint density at radius 1 is 1.00 bits per heavy atom. The first-order valence-corrected chi connectivity index (χ1v) is 10.6. The molecule has 2 amide bonds. The molecule has 0 bridgehead atoms. The molecule has 1 aromatic carbocycles. The van der Waals surface area contributed by atoms with Gasteiger partial charge in [0.05, 0.1) is 11.1 Å². The summed E-state index contributed by atoms with van der Waals surface area (Å²) in [5.74, 6) is -1.69. The molecule has 1 aromatic heterocycles. The lowest BCUT2D eigenvalue weighted by atomic mass is 9.93. The molecule has 174 valence electrons. The van der Waals surface area contributed by atoms with Crippen LogP contribution in [0.25, 0.3) is 0 Å². The SMILES string of the molecule is O=C(CN(C(=O)c1cc(C(F)(F)F)cc(C(F)(F)F)c1)C1CCCCC1)Nc1nccs1. The van der Waals surface area contributed by atoms with E-state index in [2.05, 4.69) is 10.3 Å². The number of anilines is 1. The van der Waals surface area contributed by atoms with Crippen molar-refractivity contribution >= 4 is 28.3 Å². The summed E-state index contributed by atoms with van der Waals surface area (Å²) in [7, 11) is 0. The highest BCUT2D eigenvalue weighted by molar-refractivity contribution is 7.13. The van der Waals surface area contributed by atoms with Crippen molar-refractivity contribution in [2.45, 2.75) is 50.5 Å². The number of amides is 2. The van der Waals surface area contributed by atoms with Crippen LogP contribution < -0.4 is 5.32 Å². The van der Waals surface area contributed by atoms with Crippen molar-refractivity contribution in [2.24, 2.45) is 0 Å². The molecular weight excluding hydrogens is 460 g/mol. The van der Waals surface area contributed by atoms with Gasteiger partial charge in [-0.15, -0.1) is 11.3 Å². The highest BCUT2D eigenvalue weighted by Crippen LogP contribution is 2.37. The van der Waals surface area contributed by atoms with Gasteiger partial charge >= 0.3 is 12.4 Å². The number of hydrogen-bond donors (Lipinski definition) is 1. The van der Waals surface area contributed by atoms with E-state index >= 15 is 0 Å². The second-order valence-electron chi connectivity index (χ2n) is 7.40. The number of benzene rings is 1. The molecule has 0 saturated heterocycles. The summed E-state index contributed by atoms with van der Waals surface area (Å²) in [6, 6.07) is 0.289. The average molecular weight is 479 g/mol. The van der Waals surface area contributed by atoms with Crippen LogP contribution in [0.5, 0.6) is 0 Å². The molecule has 1 aliphatic carbocycles. The van der Waals surface area contributed by atoms with E-state index in [0.29, 0.717) is 25.0 Å². The number of thiazole rings is 1. The molecule has 0 spiro atoms. The molecule has 0 radical (unpaired) electrons. The van der Waals surface area contributed by atoms with Gasteiger partial charge < -0.3 is 10.2 Å². The van der Waals surface area contributed by atoms with E-state index in [9.17, 15) is 35.9 Å². The summed E-state index contributed by atoms with van der Waals surface area (Å²) in [6.45, 7) is -0.513. The zero-order valence-corrected chi connectivity index (χ0v) is 17.4. The predicted octanol–water partition coefficient (Wildman–Crippen LogP) is 5.59. The van der Waals surface area contributed by atoms with Crippen LogP contribution in [-0.2, 0) is 17.1 Å². The molecule has 5 nitrogen and oxygen atoms in total. The van der Waals surface area contributed by atoms with E-state index in [0.717, 1.165) is 35.5 Å². The zero-order valence-electron chi connectivity index (χ0n) is 16.6. The monoisotopic (exact) mass is 479 g/mol. The van der Waals surface area contributed by atoms with Gasteiger partial charge in [-0.3, -0.25) is 9.59 Å². The van der Waals surface area contributed by atoms with Crippen LogP contribution in [0.4, 0.5) is 31.5 Å². The summed E-state index contributed by atoms with van der Waals surface area (Å²) in [5.41, 5.74) is -3.92. The first-order valence-electron chi connectivity index (χ1n) is 9.75. The third kappa shape index (κ3) is 5.99. The van der Waals surface area contributed by atoms with Gasteiger partial charge in [0, 0.05) is 23.2 Å². The van der Waals surface area contributed by atoms with Crippen molar-refractivity contribution in [1.29, 1.82) is 0 Å². The van der Waals surface area contributed by atoms with Gasteiger partial charge in [0.25, 0.3) is 5.91 Å². The van der Waals surface area contributed by atoms with E-state index in [-0.39, 0.29) is 11.2 Å². The molecule has 0 atom stereocenters. The predicted molar refractivity (Wildman–Crippen MR) is 105 cm³/mol. The van der Waals surface area contributed by atoms with Crippen LogP contribution >= 0.6 is 11.3 Å². The molecule has 32 heavy (non-hydrogen) atoms. The van der Waals surface area contributed by atoms with Gasteiger partial charge in [-0.25, -0.2) is 4.98 Å². The van der Waals surface area contributed by atoms with E-state index < -0.39 is 53.4 Å². The fourth-order valence-corrected chi connectivity index (χ4v) is 4.15. The van der Waals surface area contributed by atoms with Gasteiger partial charge in [-0.05, 0) is 31.0 Å². The van der Waals surface area contributed by atoms with Gasteiger partial charge in [-0.1, -0.05) is 19.3 Å². The average Bonchev–Trinajstić information content (AvgIpc) is 3.23. The van der Waals surface area contributed by atoms with Crippen LogP contribution in [0.15, 0.2) is 29.8 Å². The molecule has 1 saturated carbocycles. The Hall–Kier alpha value is -2.63. The number of alkyl halides is 6. The third-order valence-corrected chi connectivity index (χ3v) is 5.79. The van der Waals surface area contributed by atoms with Gasteiger partial charge in [0.15, 0.2) is 5.13 Å². The first kappa shape index (κ1) is 24.0. The van der Waals surface area contributed by atoms with Gasteiger partial charge in [0.2, 0.25) is 5.91 Å². The maximum Gasteiger partial charge on any atom is 0.416 e. The third-order valence-electron chi connectivity index (χ3n) is 5.10. The highest BCUT2D eigenvalue weighted by Gasteiger charge is 2.38. The Morgan fingerprint density at radius 2 is 1.59 bits per heavy atom. The lowest BCUT2D eigenvalue weighted by Crippen LogP contribution is -2.45. The Morgan fingerprint density at radius 3 is 2.09 bits per heavy atom. The first-order chi connectivity index (χ1) is 14.9. The number of rotatable bonds is 5. The Bertz CT molecular complexity index is 921. The standard InChI is InChI=1S/C20H19F6N3O2S/c21-19(22,23)13-8-12(9-14(10-13)20(24,25)26)17(31)29(15-4-2-1-3-5-15)11-16(30)28-18-27-6-7-32-18/h6-10,15H,1-5,11H2,(H,27,28,30). The minimum Gasteiger partial charge on any atom is -0.326 e. The summed E-state index contributed by atoms with van der Waals surface area (Å²) < 4.78 is 79.3. The highest BCUT2D eigenvalue weighted by atomic mass is 32.1. The van der Waals surface area contributed by atoms with Crippen molar-refractivity contribution in [3.63, 3.8) is 0 Å². The molecule has 0 unspecified atom stereocenters. The quantitative estimate of drug-likeness (QED) is 0.569. The minimum atomic E-state index is -5.08. The van der Waals surface area contributed by atoms with Crippen molar-refractivity contribution < 1.29 is 35.9 Å². The minimum absolute atomic E-state index is 0.0309. The van der Waals surface area contributed by atoms with Crippen molar-refractivity contribution in [2.75, 3.05) is 11.9 Å². The summed E-state index contributed by atoms with van der Waals surface area (Å²) in [6.07, 6.45) is -5.33. The summed E-state index contributed by atoms with van der Waals surface area (Å²) in [4.78, 5) is 30.5. The molecule has 1 heterocycles. The van der Waals surface area contributed by atoms with Crippen LogP contribution in [0, 0.1) is 0 Å². The number of halogens is 6. The lowest BCUT2D eigenvalue weighted by Gasteiger charge is -2.34. The molecule has 1 N–H and O–H groups in total. The number of aromatic nitrogens is 1. The topological polar surface area (TPSA) is 62.3 Å². The summed E-state index contributed by atoms with van der Waals surface area (Å²) >= 11 is 1.13. The molecular formula is C20H19F6N3O2S. The number of hydrogen-bond acceptors (Lipinski definition) is 4. The van der Waals surface area contributed by atoms with Gasteiger partial charge in [-0.2, -0.15) is 26.3 Å². The van der Waals surface area contributed by atoms with Crippen LogP contribution in [0.3, 0.4) is 0 Å². The van der Waals surface area contributed by atoms with E-state index in [4.69, 9.17) is 0 Å². The summed E-state index contributed by atoms with van der Waals surface area (Å²) in [5, 5.41) is 4.36. The van der Waals surface area contributed by atoms with Crippen LogP contribution in [0.2, 0.25) is 0 Å². The van der Waals surface area contributed by atoms with Crippen molar-refractivity contribution in [1.82, 2.24) is 9.88 Å². The largest absolute Gasteiger partial charge is 0.416 e. The fraction of sp³-hybridized carbons (Fsp3) is 0.450. The number of nitrogens with zero attached hydrogens (tertiary/aromatic N) is 2. The Labute approximate surface area is 183 Å². The molecule has 3 rings (SSSR count). The number of nitrogens with one attached hydrogen (secondary N) is 1. The fourth-order valence-electron chi connectivity index (χ4n) is 3.60. The van der Waals surface area contributed by atoms with E-state index in [1.54, 1.807) is 5.38 Å². The molecule has 0 aliphatic heterocycles. The molecule has 2 aromatic rings. The Balaban J connectivity index is 1.95. The smallest absolute Gasteiger partial charge is 0.326 e. The number of carbonyl (C=O) groups is 2. The maximum absolute atomic E-state index is 13.2. The van der Waals surface area contributed by atoms with Gasteiger partial charge in [0.1, 0.15) is 6.54 Å². The molecule has 1 aliphatic rings. The molecule has 1 fully saturated rings. The van der Waals surface area contributed by atoms with E-state index in [1.807, 2.05) is 0 Å². The Kier molecular flexibility index (Phi) is 7.11. The normalized spacial score (nSPS) is 15.4.